The van der Waals surface area contributed by atoms with Crippen LogP contribution in [0.2, 0.25) is 0 Å². The summed E-state index contributed by atoms with van der Waals surface area (Å²) in [5, 5.41) is 5.43. The van der Waals surface area contributed by atoms with Gasteiger partial charge in [0.2, 0.25) is 0 Å². The van der Waals surface area contributed by atoms with Crippen LogP contribution in [0.1, 0.15) is 27.1 Å². The molecule has 154 valence electrons. The molecule has 0 saturated heterocycles. The van der Waals surface area contributed by atoms with Crippen molar-refractivity contribution in [2.75, 3.05) is 17.6 Å². The van der Waals surface area contributed by atoms with Gasteiger partial charge in [0.05, 0.1) is 16.2 Å². The Hall–Kier alpha value is -3.52. The summed E-state index contributed by atoms with van der Waals surface area (Å²) in [7, 11) is -3.37. The second-order valence-corrected chi connectivity index (χ2v) is 8.63. The van der Waals surface area contributed by atoms with Crippen LogP contribution in [0.25, 0.3) is 0 Å². The van der Waals surface area contributed by atoms with E-state index in [4.69, 9.17) is 0 Å². The number of pyridine rings is 1. The van der Waals surface area contributed by atoms with Crippen molar-refractivity contribution in [3.63, 3.8) is 0 Å². The molecule has 0 aliphatic heterocycles. The zero-order valence-corrected chi connectivity index (χ0v) is 16.9. The fourth-order valence-corrected chi connectivity index (χ4v) is 4.08. The first-order valence-electron chi connectivity index (χ1n) is 9.33. The van der Waals surface area contributed by atoms with E-state index < -0.39 is 9.84 Å². The van der Waals surface area contributed by atoms with Crippen molar-refractivity contribution >= 4 is 27.3 Å². The van der Waals surface area contributed by atoms with Crippen LogP contribution < -0.4 is 10.6 Å². The topological polar surface area (TPSA) is 105 Å². The van der Waals surface area contributed by atoms with E-state index in [1.807, 2.05) is 0 Å². The number of hydrogen-bond donors (Lipinski definition) is 2. The zero-order chi connectivity index (χ0) is 21.4. The predicted molar refractivity (Wildman–Crippen MR) is 114 cm³/mol. The van der Waals surface area contributed by atoms with E-state index in [0.717, 1.165) is 0 Å². The van der Waals surface area contributed by atoms with Crippen molar-refractivity contribution in [1.82, 2.24) is 10.3 Å². The Kier molecular flexibility index (Phi) is 6.92. The Labute approximate surface area is 175 Å². The molecule has 8 heteroatoms. The quantitative estimate of drug-likeness (QED) is 0.542. The lowest BCUT2D eigenvalue weighted by Crippen LogP contribution is -2.26. The number of rotatable bonds is 8. The first-order valence-corrected chi connectivity index (χ1v) is 11.0. The molecule has 3 rings (SSSR count). The number of aromatic nitrogens is 1. The zero-order valence-electron chi connectivity index (χ0n) is 16.1. The molecule has 0 fully saturated rings. The smallest absolute Gasteiger partial charge is 0.257 e. The number of carbonyl (C=O) groups excluding carboxylic acids is 2. The van der Waals surface area contributed by atoms with Gasteiger partial charge in [0.15, 0.2) is 9.84 Å². The lowest BCUT2D eigenvalue weighted by molar-refractivity contribution is 0.0952. The number of carbonyl (C=O) groups is 2. The predicted octanol–water partition coefficient (Wildman–Crippen LogP) is 2.93. The van der Waals surface area contributed by atoms with E-state index >= 15 is 0 Å². The van der Waals surface area contributed by atoms with Gasteiger partial charge < -0.3 is 10.6 Å². The third-order valence-corrected chi connectivity index (χ3v) is 6.10. The van der Waals surface area contributed by atoms with Gasteiger partial charge in [0.25, 0.3) is 11.8 Å². The van der Waals surface area contributed by atoms with Crippen molar-refractivity contribution < 1.29 is 18.0 Å². The van der Waals surface area contributed by atoms with Crippen LogP contribution in [0.15, 0.2) is 84.0 Å². The minimum absolute atomic E-state index is 0.0570. The SMILES string of the molecule is O=C(NCCCS(=O)(=O)c1ccccc1)c1cccc(NC(=O)c2cccnc2)c1. The Balaban J connectivity index is 1.52. The Morgan fingerprint density at radius 2 is 1.63 bits per heavy atom. The van der Waals surface area contributed by atoms with Crippen LogP contribution in [-0.4, -0.2) is 37.5 Å². The van der Waals surface area contributed by atoms with Crippen LogP contribution in [-0.2, 0) is 9.84 Å². The van der Waals surface area contributed by atoms with Crippen LogP contribution >= 0.6 is 0 Å². The normalized spacial score (nSPS) is 10.9. The van der Waals surface area contributed by atoms with E-state index in [2.05, 4.69) is 15.6 Å². The van der Waals surface area contributed by atoms with Gasteiger partial charge >= 0.3 is 0 Å². The van der Waals surface area contributed by atoms with Gasteiger partial charge in [-0.25, -0.2) is 8.42 Å². The van der Waals surface area contributed by atoms with E-state index in [9.17, 15) is 18.0 Å². The maximum atomic E-state index is 12.4. The molecule has 0 aliphatic carbocycles. The summed E-state index contributed by atoms with van der Waals surface area (Å²) in [6, 6.07) is 18.0. The molecule has 1 heterocycles. The van der Waals surface area contributed by atoms with Gasteiger partial charge in [-0.1, -0.05) is 24.3 Å². The molecule has 2 aromatic carbocycles. The molecule has 0 spiro atoms. The summed E-state index contributed by atoms with van der Waals surface area (Å²) in [4.78, 5) is 28.7. The third-order valence-electron chi connectivity index (χ3n) is 4.28. The molecule has 0 atom stereocenters. The average Bonchev–Trinajstić information content (AvgIpc) is 2.78. The summed E-state index contributed by atoms with van der Waals surface area (Å²) in [6.07, 6.45) is 3.32. The number of nitrogens with one attached hydrogen (secondary N) is 2. The van der Waals surface area contributed by atoms with E-state index in [0.29, 0.717) is 23.2 Å². The minimum atomic E-state index is -3.37. The molecule has 1 aromatic heterocycles. The maximum Gasteiger partial charge on any atom is 0.257 e. The summed E-state index contributed by atoms with van der Waals surface area (Å²) in [5.74, 6) is -0.727. The summed E-state index contributed by atoms with van der Waals surface area (Å²) in [5.41, 5.74) is 1.25. The van der Waals surface area contributed by atoms with Gasteiger partial charge in [-0.2, -0.15) is 0 Å². The molecule has 2 N–H and O–H groups in total. The second kappa shape index (κ2) is 9.80. The molecular weight excluding hydrogens is 402 g/mol. The lowest BCUT2D eigenvalue weighted by Gasteiger charge is -2.09. The molecule has 2 amide bonds. The van der Waals surface area contributed by atoms with Crippen LogP contribution in [0.3, 0.4) is 0 Å². The van der Waals surface area contributed by atoms with E-state index in [1.54, 1.807) is 72.9 Å². The van der Waals surface area contributed by atoms with Crippen LogP contribution in [0.4, 0.5) is 5.69 Å². The third kappa shape index (κ3) is 5.74. The van der Waals surface area contributed by atoms with Gasteiger partial charge in [0, 0.05) is 30.2 Å². The molecule has 30 heavy (non-hydrogen) atoms. The van der Waals surface area contributed by atoms with Crippen molar-refractivity contribution in [2.45, 2.75) is 11.3 Å². The lowest BCUT2D eigenvalue weighted by atomic mass is 10.1. The molecular formula is C22H21N3O4S. The number of nitrogens with zero attached hydrogens (tertiary/aromatic N) is 1. The Morgan fingerprint density at radius 1 is 0.867 bits per heavy atom. The Bertz CT molecular complexity index is 1120. The Morgan fingerprint density at radius 3 is 2.37 bits per heavy atom. The highest BCUT2D eigenvalue weighted by atomic mass is 32.2. The summed E-state index contributed by atoms with van der Waals surface area (Å²) >= 11 is 0. The van der Waals surface area contributed by atoms with Gasteiger partial charge in [-0.05, 0) is 48.9 Å². The molecule has 3 aromatic rings. The first kappa shape index (κ1) is 21.2. The van der Waals surface area contributed by atoms with E-state index in [-0.39, 0.29) is 29.0 Å². The molecule has 7 nitrogen and oxygen atoms in total. The fraction of sp³-hybridized carbons (Fsp3) is 0.136. The highest BCUT2D eigenvalue weighted by molar-refractivity contribution is 7.91. The molecule has 0 aliphatic rings. The van der Waals surface area contributed by atoms with E-state index in [1.165, 1.54) is 6.20 Å². The number of hydrogen-bond acceptors (Lipinski definition) is 5. The van der Waals surface area contributed by atoms with Crippen LogP contribution in [0, 0.1) is 0 Å². The highest BCUT2D eigenvalue weighted by Gasteiger charge is 2.14. The number of benzene rings is 2. The van der Waals surface area contributed by atoms with Crippen molar-refractivity contribution in [3.8, 4) is 0 Å². The maximum absolute atomic E-state index is 12.4. The summed E-state index contributed by atoms with van der Waals surface area (Å²) < 4.78 is 24.5. The molecule has 0 unspecified atom stereocenters. The number of amides is 2. The number of sulfone groups is 1. The molecule has 0 radical (unpaired) electrons. The largest absolute Gasteiger partial charge is 0.352 e. The van der Waals surface area contributed by atoms with Gasteiger partial charge in [-0.3, -0.25) is 14.6 Å². The fourth-order valence-electron chi connectivity index (χ4n) is 2.75. The first-order chi connectivity index (χ1) is 14.5. The highest BCUT2D eigenvalue weighted by Crippen LogP contribution is 2.13. The second-order valence-electron chi connectivity index (χ2n) is 6.52. The minimum Gasteiger partial charge on any atom is -0.352 e. The summed E-state index contributed by atoms with van der Waals surface area (Å²) in [6.45, 7) is 0.219. The monoisotopic (exact) mass is 423 g/mol. The average molecular weight is 423 g/mol. The van der Waals surface area contributed by atoms with Crippen molar-refractivity contribution in [2.24, 2.45) is 0 Å². The van der Waals surface area contributed by atoms with Crippen LogP contribution in [0.5, 0.6) is 0 Å². The van der Waals surface area contributed by atoms with Crippen molar-refractivity contribution in [1.29, 1.82) is 0 Å². The van der Waals surface area contributed by atoms with Crippen molar-refractivity contribution in [3.05, 3.63) is 90.3 Å². The van der Waals surface area contributed by atoms with Gasteiger partial charge in [0.1, 0.15) is 0 Å². The molecule has 0 bridgehead atoms. The standard InChI is InChI=1S/C22H21N3O4S/c26-21(24-13-6-14-30(28,29)20-10-2-1-3-11-20)17-7-4-9-19(15-17)25-22(27)18-8-5-12-23-16-18/h1-5,7-12,15-16H,6,13-14H2,(H,24,26)(H,25,27). The molecule has 0 saturated carbocycles. The van der Waals surface area contributed by atoms with Gasteiger partial charge in [-0.15, -0.1) is 0 Å². The number of anilines is 1.